The Morgan fingerprint density at radius 2 is 2.14 bits per heavy atom. The number of likely N-dealkylation sites (tertiary alicyclic amines) is 1. The van der Waals surface area contributed by atoms with E-state index in [4.69, 9.17) is 4.98 Å². The summed E-state index contributed by atoms with van der Waals surface area (Å²) >= 11 is 1.64. The molecule has 2 saturated heterocycles. The second kappa shape index (κ2) is 6.97. The fourth-order valence-electron chi connectivity index (χ4n) is 4.42. The Bertz CT molecular complexity index is 1010. The number of aromatic nitrogens is 3. The third-order valence-electron chi connectivity index (χ3n) is 5.87. The van der Waals surface area contributed by atoms with Gasteiger partial charge < -0.3 is 10.2 Å². The number of carbonyl (C=O) groups is 1. The number of fused-ring (bicyclic) bond motifs is 3. The molecule has 146 valence electrons. The number of thiophene rings is 1. The van der Waals surface area contributed by atoms with Crippen LogP contribution in [0, 0.1) is 0 Å². The van der Waals surface area contributed by atoms with Gasteiger partial charge in [-0.25, -0.2) is 9.67 Å². The van der Waals surface area contributed by atoms with Gasteiger partial charge in [-0.1, -0.05) is 6.07 Å². The summed E-state index contributed by atoms with van der Waals surface area (Å²) in [5.41, 5.74) is 2.36. The highest BCUT2D eigenvalue weighted by Crippen LogP contribution is 2.30. The van der Waals surface area contributed by atoms with Crippen LogP contribution in [0.15, 0.2) is 29.8 Å². The first kappa shape index (κ1) is 17.8. The summed E-state index contributed by atoms with van der Waals surface area (Å²) in [6.07, 6.45) is 5.22. The van der Waals surface area contributed by atoms with Gasteiger partial charge in [0.2, 0.25) is 0 Å². The van der Waals surface area contributed by atoms with Gasteiger partial charge in [0.15, 0.2) is 5.65 Å². The van der Waals surface area contributed by atoms with E-state index in [-0.39, 0.29) is 11.9 Å². The van der Waals surface area contributed by atoms with Crippen LogP contribution in [0.2, 0.25) is 0 Å². The van der Waals surface area contributed by atoms with Crippen LogP contribution in [0.5, 0.6) is 0 Å². The van der Waals surface area contributed by atoms with Gasteiger partial charge >= 0.3 is 0 Å². The van der Waals surface area contributed by atoms with Crippen LogP contribution in [-0.2, 0) is 0 Å². The standard InChI is InChI=1S/C21H25N5OS/c1-13(2)26-20-17(11-22-26)16(10-18(24-20)19-4-3-9-28-19)21(27)25-8-7-14-5-6-15(12-25)23-14/h3-4,9-11,13-15,23H,5-8,12H2,1-2H3. The van der Waals surface area contributed by atoms with Crippen molar-refractivity contribution in [2.24, 2.45) is 0 Å². The van der Waals surface area contributed by atoms with Crippen molar-refractivity contribution in [3.05, 3.63) is 35.3 Å². The van der Waals surface area contributed by atoms with Crippen LogP contribution in [0.1, 0.15) is 49.5 Å². The molecule has 6 nitrogen and oxygen atoms in total. The molecule has 2 bridgehead atoms. The molecule has 0 aliphatic carbocycles. The fraction of sp³-hybridized carbons (Fsp3) is 0.476. The average molecular weight is 396 g/mol. The van der Waals surface area contributed by atoms with Crippen LogP contribution in [-0.4, -0.2) is 50.7 Å². The Labute approximate surface area is 168 Å². The number of hydrogen-bond acceptors (Lipinski definition) is 5. The molecule has 0 spiro atoms. The van der Waals surface area contributed by atoms with Gasteiger partial charge in [-0.2, -0.15) is 5.10 Å². The van der Waals surface area contributed by atoms with E-state index in [1.165, 1.54) is 6.42 Å². The van der Waals surface area contributed by atoms with Crippen molar-refractivity contribution in [2.45, 2.75) is 51.2 Å². The Morgan fingerprint density at radius 1 is 1.29 bits per heavy atom. The highest BCUT2D eigenvalue weighted by molar-refractivity contribution is 7.13. The molecule has 0 saturated carbocycles. The molecule has 1 N–H and O–H groups in total. The summed E-state index contributed by atoms with van der Waals surface area (Å²) in [5.74, 6) is 0.0999. The normalized spacial score (nSPS) is 22.2. The maximum atomic E-state index is 13.6. The third kappa shape index (κ3) is 3.02. The number of rotatable bonds is 3. The van der Waals surface area contributed by atoms with Gasteiger partial charge in [-0.15, -0.1) is 11.3 Å². The van der Waals surface area contributed by atoms with Gasteiger partial charge in [0, 0.05) is 31.2 Å². The van der Waals surface area contributed by atoms with E-state index >= 15 is 0 Å². The highest BCUT2D eigenvalue weighted by Gasteiger charge is 2.32. The zero-order chi connectivity index (χ0) is 19.3. The van der Waals surface area contributed by atoms with Crippen molar-refractivity contribution >= 4 is 28.3 Å². The Kier molecular flexibility index (Phi) is 4.44. The lowest BCUT2D eigenvalue weighted by atomic mass is 10.1. The van der Waals surface area contributed by atoms with Crippen molar-refractivity contribution in [1.82, 2.24) is 25.0 Å². The van der Waals surface area contributed by atoms with Crippen molar-refractivity contribution < 1.29 is 4.79 Å². The van der Waals surface area contributed by atoms with Crippen LogP contribution in [0.25, 0.3) is 21.6 Å². The van der Waals surface area contributed by atoms with Gasteiger partial charge in [0.25, 0.3) is 5.91 Å². The molecule has 5 heterocycles. The summed E-state index contributed by atoms with van der Waals surface area (Å²) in [5, 5.41) is 11.1. The zero-order valence-electron chi connectivity index (χ0n) is 16.3. The Balaban J connectivity index is 1.60. The molecule has 3 aromatic heterocycles. The smallest absolute Gasteiger partial charge is 0.254 e. The third-order valence-corrected chi connectivity index (χ3v) is 6.76. The summed E-state index contributed by atoms with van der Waals surface area (Å²) in [7, 11) is 0. The molecule has 2 aliphatic heterocycles. The van der Waals surface area contributed by atoms with E-state index in [2.05, 4.69) is 30.3 Å². The van der Waals surface area contributed by atoms with E-state index in [9.17, 15) is 4.79 Å². The van der Waals surface area contributed by atoms with E-state index in [1.54, 1.807) is 17.5 Å². The van der Waals surface area contributed by atoms with Crippen LogP contribution >= 0.6 is 11.3 Å². The lowest BCUT2D eigenvalue weighted by molar-refractivity contribution is 0.0750. The maximum absolute atomic E-state index is 13.6. The van der Waals surface area contributed by atoms with Crippen LogP contribution in [0.3, 0.4) is 0 Å². The van der Waals surface area contributed by atoms with Crippen molar-refractivity contribution in [3.8, 4) is 10.6 Å². The molecule has 0 aromatic carbocycles. The minimum Gasteiger partial charge on any atom is -0.337 e. The van der Waals surface area contributed by atoms with Crippen LogP contribution < -0.4 is 5.32 Å². The SMILES string of the molecule is CC(C)n1ncc2c(C(=O)N3CCC4CCC(C3)N4)cc(-c3cccs3)nc21. The van der Waals surface area contributed by atoms with Crippen molar-refractivity contribution in [2.75, 3.05) is 13.1 Å². The monoisotopic (exact) mass is 395 g/mol. The number of pyridine rings is 1. The number of hydrogen-bond donors (Lipinski definition) is 1. The lowest BCUT2D eigenvalue weighted by Gasteiger charge is -2.24. The molecule has 7 heteroatoms. The van der Waals surface area contributed by atoms with Gasteiger partial charge in [-0.3, -0.25) is 4.79 Å². The van der Waals surface area contributed by atoms with Crippen molar-refractivity contribution in [3.63, 3.8) is 0 Å². The minimum atomic E-state index is 0.0999. The second-order valence-electron chi connectivity index (χ2n) is 8.13. The lowest BCUT2D eigenvalue weighted by Crippen LogP contribution is -2.39. The molecule has 2 aliphatic rings. The molecular weight excluding hydrogens is 370 g/mol. The predicted molar refractivity (Wildman–Crippen MR) is 112 cm³/mol. The summed E-state index contributed by atoms with van der Waals surface area (Å²) < 4.78 is 1.91. The first-order valence-corrected chi connectivity index (χ1v) is 11.0. The van der Waals surface area contributed by atoms with Crippen molar-refractivity contribution in [1.29, 1.82) is 0 Å². The number of carbonyl (C=O) groups excluding carboxylic acids is 1. The molecule has 2 unspecified atom stereocenters. The molecule has 28 heavy (non-hydrogen) atoms. The summed E-state index contributed by atoms with van der Waals surface area (Å²) in [6.45, 7) is 5.77. The molecule has 0 radical (unpaired) electrons. The highest BCUT2D eigenvalue weighted by atomic mass is 32.1. The molecule has 2 atom stereocenters. The van der Waals surface area contributed by atoms with E-state index in [1.807, 2.05) is 27.1 Å². The fourth-order valence-corrected chi connectivity index (χ4v) is 5.11. The molecular formula is C21H25N5OS. The van der Waals surface area contributed by atoms with Gasteiger partial charge in [0.05, 0.1) is 27.7 Å². The number of nitrogens with one attached hydrogen (secondary N) is 1. The summed E-state index contributed by atoms with van der Waals surface area (Å²) in [4.78, 5) is 21.5. The van der Waals surface area contributed by atoms with Crippen LogP contribution in [0.4, 0.5) is 0 Å². The first-order valence-electron chi connectivity index (χ1n) is 10.1. The Morgan fingerprint density at radius 3 is 2.93 bits per heavy atom. The molecule has 1 amide bonds. The predicted octanol–water partition coefficient (Wildman–Crippen LogP) is 3.71. The van der Waals surface area contributed by atoms with Gasteiger partial charge in [0.1, 0.15) is 0 Å². The number of amides is 1. The largest absolute Gasteiger partial charge is 0.337 e. The molecule has 3 aromatic rings. The topological polar surface area (TPSA) is 63.1 Å². The van der Waals surface area contributed by atoms with E-state index in [0.29, 0.717) is 12.1 Å². The number of nitrogens with zero attached hydrogens (tertiary/aromatic N) is 4. The first-order chi connectivity index (χ1) is 13.6. The summed E-state index contributed by atoms with van der Waals surface area (Å²) in [6, 6.07) is 7.20. The zero-order valence-corrected chi connectivity index (χ0v) is 17.1. The second-order valence-corrected chi connectivity index (χ2v) is 9.08. The van der Waals surface area contributed by atoms with Gasteiger partial charge in [-0.05, 0) is 50.6 Å². The molecule has 5 rings (SSSR count). The van der Waals surface area contributed by atoms with E-state index in [0.717, 1.165) is 53.1 Å². The average Bonchev–Trinajstić information content (AvgIpc) is 3.39. The quantitative estimate of drug-likeness (QED) is 0.734. The Hall–Kier alpha value is -2.25. The minimum absolute atomic E-state index is 0.0999. The maximum Gasteiger partial charge on any atom is 0.254 e. The van der Waals surface area contributed by atoms with E-state index < -0.39 is 0 Å². The molecule has 2 fully saturated rings.